The molecule has 0 radical (unpaired) electrons. The molecule has 3 nitrogen and oxygen atoms in total. The van der Waals surface area contributed by atoms with Crippen molar-refractivity contribution in [3.05, 3.63) is 34.3 Å². The highest BCUT2D eigenvalue weighted by Crippen LogP contribution is 2.10. The van der Waals surface area contributed by atoms with Crippen molar-refractivity contribution in [3.63, 3.8) is 0 Å². The van der Waals surface area contributed by atoms with Crippen LogP contribution in [0.15, 0.2) is 28.7 Å². The molecule has 0 saturated heterocycles. The normalized spacial score (nSPS) is 9.38. The molecule has 0 bridgehead atoms. The van der Waals surface area contributed by atoms with Gasteiger partial charge in [0.25, 0.3) is 0 Å². The Kier molecular flexibility index (Phi) is 8.25. The summed E-state index contributed by atoms with van der Waals surface area (Å²) in [6.07, 6.45) is 1.25. The van der Waals surface area contributed by atoms with Gasteiger partial charge in [0.1, 0.15) is 0 Å². The number of hydrogen-bond acceptors (Lipinski definition) is 2. The lowest BCUT2D eigenvalue weighted by molar-refractivity contribution is -0.120. The van der Waals surface area contributed by atoms with Crippen LogP contribution in [0.4, 0.5) is 0 Å². The average molecular weight is 308 g/mol. The lowest BCUT2D eigenvalue weighted by atomic mass is 10.1. The predicted molar refractivity (Wildman–Crippen MR) is 71.8 cm³/mol. The summed E-state index contributed by atoms with van der Waals surface area (Å²) >= 11 is 3.35. The molecule has 3 N–H and O–H groups in total. The zero-order valence-electron chi connectivity index (χ0n) is 8.91. The van der Waals surface area contributed by atoms with Crippen molar-refractivity contribution in [2.45, 2.75) is 12.8 Å². The van der Waals surface area contributed by atoms with Crippen LogP contribution >= 0.6 is 28.3 Å². The van der Waals surface area contributed by atoms with Gasteiger partial charge in [0.2, 0.25) is 5.91 Å². The van der Waals surface area contributed by atoms with Gasteiger partial charge < -0.3 is 11.1 Å². The number of halogens is 2. The Balaban J connectivity index is 0.00000225. The number of carbonyl (C=O) groups is 1. The highest BCUT2D eigenvalue weighted by molar-refractivity contribution is 9.10. The standard InChI is InChI=1S/C11H15BrN2O.ClH/c12-10-4-2-9(3-5-10)8-11(15)14-7-1-6-13;/h2-5H,1,6-8,13H2,(H,14,15);1H. The molecule has 1 amide bonds. The molecule has 0 heterocycles. The monoisotopic (exact) mass is 306 g/mol. The molecule has 0 spiro atoms. The molecule has 0 aromatic heterocycles. The number of nitrogens with one attached hydrogen (secondary N) is 1. The Morgan fingerprint density at radius 2 is 1.94 bits per heavy atom. The molecule has 0 fully saturated rings. The minimum absolute atomic E-state index is 0. The zero-order valence-corrected chi connectivity index (χ0v) is 11.3. The summed E-state index contributed by atoms with van der Waals surface area (Å²) in [5, 5.41) is 2.82. The van der Waals surface area contributed by atoms with Crippen LogP contribution in [0.3, 0.4) is 0 Å². The number of carbonyl (C=O) groups excluding carboxylic acids is 1. The predicted octanol–water partition coefficient (Wildman–Crippen LogP) is 1.88. The largest absolute Gasteiger partial charge is 0.356 e. The van der Waals surface area contributed by atoms with Crippen LogP contribution in [0.25, 0.3) is 0 Å². The van der Waals surface area contributed by atoms with Crippen LogP contribution in [-0.2, 0) is 11.2 Å². The van der Waals surface area contributed by atoms with Crippen molar-refractivity contribution in [3.8, 4) is 0 Å². The number of nitrogens with two attached hydrogens (primary N) is 1. The van der Waals surface area contributed by atoms with E-state index in [0.717, 1.165) is 16.5 Å². The highest BCUT2D eigenvalue weighted by Gasteiger charge is 2.01. The van der Waals surface area contributed by atoms with Gasteiger partial charge in [-0.05, 0) is 30.7 Å². The van der Waals surface area contributed by atoms with Gasteiger partial charge in [-0.1, -0.05) is 28.1 Å². The maximum atomic E-state index is 11.4. The minimum Gasteiger partial charge on any atom is -0.356 e. The average Bonchev–Trinajstić information content (AvgIpc) is 2.22. The van der Waals surface area contributed by atoms with Gasteiger partial charge in [-0.2, -0.15) is 0 Å². The number of rotatable bonds is 5. The first kappa shape index (κ1) is 15.4. The van der Waals surface area contributed by atoms with Crippen LogP contribution < -0.4 is 11.1 Å². The van der Waals surface area contributed by atoms with Gasteiger partial charge in [-0.3, -0.25) is 4.79 Å². The lowest BCUT2D eigenvalue weighted by Gasteiger charge is -2.04. The van der Waals surface area contributed by atoms with Gasteiger partial charge in [0.05, 0.1) is 6.42 Å². The fourth-order valence-corrected chi connectivity index (χ4v) is 1.44. The SMILES string of the molecule is Cl.NCCCNC(=O)Cc1ccc(Br)cc1. The van der Waals surface area contributed by atoms with Gasteiger partial charge >= 0.3 is 0 Å². The number of amides is 1. The maximum absolute atomic E-state index is 11.4. The molecule has 0 aliphatic carbocycles. The van der Waals surface area contributed by atoms with Crippen LogP contribution in [0.1, 0.15) is 12.0 Å². The van der Waals surface area contributed by atoms with E-state index in [4.69, 9.17) is 5.73 Å². The molecule has 1 aromatic carbocycles. The minimum atomic E-state index is 0. The van der Waals surface area contributed by atoms with E-state index in [1.807, 2.05) is 24.3 Å². The Hall–Kier alpha value is -0.580. The first-order valence-corrected chi connectivity index (χ1v) is 5.73. The summed E-state index contributed by atoms with van der Waals surface area (Å²) in [5.74, 6) is 0.0470. The fraction of sp³-hybridized carbons (Fsp3) is 0.364. The van der Waals surface area contributed by atoms with E-state index < -0.39 is 0 Å². The summed E-state index contributed by atoms with van der Waals surface area (Å²) in [7, 11) is 0. The lowest BCUT2D eigenvalue weighted by Crippen LogP contribution is -2.27. The second kappa shape index (κ2) is 8.56. The Morgan fingerprint density at radius 1 is 1.31 bits per heavy atom. The summed E-state index contributed by atoms with van der Waals surface area (Å²) in [4.78, 5) is 11.4. The number of benzene rings is 1. The second-order valence-corrected chi connectivity index (χ2v) is 4.21. The zero-order chi connectivity index (χ0) is 11.1. The molecule has 0 unspecified atom stereocenters. The third-order valence-electron chi connectivity index (χ3n) is 1.98. The molecule has 0 aliphatic rings. The van der Waals surface area contributed by atoms with E-state index in [1.165, 1.54) is 0 Å². The molecule has 16 heavy (non-hydrogen) atoms. The first-order valence-electron chi connectivity index (χ1n) is 4.93. The van der Waals surface area contributed by atoms with E-state index in [-0.39, 0.29) is 18.3 Å². The van der Waals surface area contributed by atoms with Crippen molar-refractivity contribution >= 4 is 34.2 Å². The maximum Gasteiger partial charge on any atom is 0.224 e. The van der Waals surface area contributed by atoms with Gasteiger partial charge in [-0.25, -0.2) is 0 Å². The topological polar surface area (TPSA) is 55.1 Å². The molecule has 5 heteroatoms. The van der Waals surface area contributed by atoms with E-state index in [1.54, 1.807) is 0 Å². The summed E-state index contributed by atoms with van der Waals surface area (Å²) < 4.78 is 1.02. The quantitative estimate of drug-likeness (QED) is 0.816. The molecule has 90 valence electrons. The Bertz CT molecular complexity index is 316. The van der Waals surface area contributed by atoms with Crippen molar-refractivity contribution < 1.29 is 4.79 Å². The van der Waals surface area contributed by atoms with E-state index in [0.29, 0.717) is 19.5 Å². The molecule has 1 rings (SSSR count). The van der Waals surface area contributed by atoms with Crippen LogP contribution in [0.5, 0.6) is 0 Å². The Morgan fingerprint density at radius 3 is 2.50 bits per heavy atom. The van der Waals surface area contributed by atoms with Crippen LogP contribution in [-0.4, -0.2) is 19.0 Å². The van der Waals surface area contributed by atoms with Crippen molar-refractivity contribution in [1.29, 1.82) is 0 Å². The third-order valence-corrected chi connectivity index (χ3v) is 2.51. The molecule has 0 aliphatic heterocycles. The number of hydrogen-bond donors (Lipinski definition) is 2. The molecule has 0 atom stereocenters. The first-order chi connectivity index (χ1) is 7.22. The summed E-state index contributed by atoms with van der Waals surface area (Å²) in [5.41, 5.74) is 6.34. The van der Waals surface area contributed by atoms with E-state index >= 15 is 0 Å². The molecule has 0 saturated carbocycles. The van der Waals surface area contributed by atoms with Gasteiger partial charge in [-0.15, -0.1) is 12.4 Å². The molecular formula is C11H16BrClN2O. The van der Waals surface area contributed by atoms with Crippen molar-refractivity contribution in [2.24, 2.45) is 5.73 Å². The van der Waals surface area contributed by atoms with Gasteiger partial charge in [0.15, 0.2) is 0 Å². The Labute approximate surface area is 110 Å². The van der Waals surface area contributed by atoms with E-state index in [9.17, 15) is 4.79 Å². The summed E-state index contributed by atoms with van der Waals surface area (Å²) in [6.45, 7) is 1.27. The fourth-order valence-electron chi connectivity index (χ4n) is 1.18. The molecular weight excluding hydrogens is 291 g/mol. The molecule has 1 aromatic rings. The van der Waals surface area contributed by atoms with Gasteiger partial charge in [0, 0.05) is 11.0 Å². The summed E-state index contributed by atoms with van der Waals surface area (Å²) in [6, 6.07) is 7.74. The van der Waals surface area contributed by atoms with Crippen molar-refractivity contribution in [1.82, 2.24) is 5.32 Å². The third kappa shape index (κ3) is 6.10. The second-order valence-electron chi connectivity index (χ2n) is 3.30. The van der Waals surface area contributed by atoms with Crippen molar-refractivity contribution in [2.75, 3.05) is 13.1 Å². The van der Waals surface area contributed by atoms with Crippen LogP contribution in [0, 0.1) is 0 Å². The smallest absolute Gasteiger partial charge is 0.224 e. The highest BCUT2D eigenvalue weighted by atomic mass is 79.9. The van der Waals surface area contributed by atoms with E-state index in [2.05, 4.69) is 21.2 Å². The van der Waals surface area contributed by atoms with Crippen LogP contribution in [0.2, 0.25) is 0 Å².